The fraction of sp³-hybridized carbons (Fsp3) is 0.286. The van der Waals surface area contributed by atoms with E-state index in [0.29, 0.717) is 12.3 Å². The van der Waals surface area contributed by atoms with Gasteiger partial charge in [-0.1, -0.05) is 25.1 Å². The zero-order valence-corrected chi connectivity index (χ0v) is 11.3. The molecule has 0 aliphatic rings. The quantitative estimate of drug-likeness (QED) is 0.773. The number of aromatic nitrogens is 1. The second kappa shape index (κ2) is 5.78. The molecule has 0 amide bonds. The van der Waals surface area contributed by atoms with Gasteiger partial charge in [0.25, 0.3) is 0 Å². The van der Waals surface area contributed by atoms with E-state index in [4.69, 9.17) is 4.74 Å². The predicted molar refractivity (Wildman–Crippen MR) is 72.3 cm³/mol. The van der Waals surface area contributed by atoms with Gasteiger partial charge in [-0.25, -0.2) is 4.98 Å². The fourth-order valence-corrected chi connectivity index (χ4v) is 2.36. The van der Waals surface area contributed by atoms with Crippen LogP contribution in [-0.4, -0.2) is 10.8 Å². The molecule has 0 aliphatic heterocycles. The number of hydrogen-bond acceptors (Lipinski definition) is 4. The van der Waals surface area contributed by atoms with Gasteiger partial charge in [0.2, 0.25) is 0 Å². The number of Topliss-reactive ketones (excluding diaryl/α,β-unsaturated/α-hetero) is 1. The first-order valence-electron chi connectivity index (χ1n) is 5.86. The Morgan fingerprint density at radius 2 is 2.17 bits per heavy atom. The van der Waals surface area contributed by atoms with E-state index in [1.807, 2.05) is 18.2 Å². The van der Waals surface area contributed by atoms with E-state index in [1.54, 1.807) is 5.38 Å². The molecular weight excluding hydrogens is 246 g/mol. The molecule has 3 nitrogen and oxygen atoms in total. The maximum Gasteiger partial charge on any atom is 0.178 e. The summed E-state index contributed by atoms with van der Waals surface area (Å²) < 4.78 is 5.74. The van der Waals surface area contributed by atoms with Crippen LogP contribution in [0.15, 0.2) is 29.6 Å². The number of ketones is 1. The van der Waals surface area contributed by atoms with Crippen LogP contribution in [0, 0.1) is 0 Å². The molecule has 4 heteroatoms. The van der Waals surface area contributed by atoms with Crippen LogP contribution in [-0.2, 0) is 13.0 Å². The van der Waals surface area contributed by atoms with Crippen molar-refractivity contribution in [1.82, 2.24) is 4.98 Å². The summed E-state index contributed by atoms with van der Waals surface area (Å²) in [7, 11) is 0. The summed E-state index contributed by atoms with van der Waals surface area (Å²) in [5, 5.41) is 2.60. The van der Waals surface area contributed by atoms with E-state index in [-0.39, 0.29) is 5.78 Å². The van der Waals surface area contributed by atoms with Crippen LogP contribution in [0.1, 0.15) is 34.9 Å². The minimum Gasteiger partial charge on any atom is -0.486 e. The van der Waals surface area contributed by atoms with Gasteiger partial charge in [-0.15, -0.1) is 11.3 Å². The Bertz CT molecular complexity index is 548. The largest absolute Gasteiger partial charge is 0.486 e. The van der Waals surface area contributed by atoms with Crippen molar-refractivity contribution in [2.75, 3.05) is 0 Å². The Balaban J connectivity index is 2.04. The fourth-order valence-electron chi connectivity index (χ4n) is 1.62. The van der Waals surface area contributed by atoms with Gasteiger partial charge in [-0.3, -0.25) is 4.79 Å². The molecule has 1 heterocycles. The number of para-hydroxylation sites is 1. The molecule has 2 aromatic rings. The number of carbonyl (C=O) groups is 1. The number of thiazole rings is 1. The molecule has 0 saturated heterocycles. The van der Waals surface area contributed by atoms with Crippen molar-refractivity contribution < 1.29 is 9.53 Å². The molecule has 0 atom stereocenters. The second-order valence-corrected chi connectivity index (χ2v) is 4.88. The predicted octanol–water partition coefficient (Wildman–Crippen LogP) is 3.49. The smallest absolute Gasteiger partial charge is 0.178 e. The lowest BCUT2D eigenvalue weighted by molar-refractivity contribution is 0.101. The van der Waals surface area contributed by atoms with E-state index in [9.17, 15) is 4.79 Å². The summed E-state index contributed by atoms with van der Waals surface area (Å²) in [4.78, 5) is 15.4. The molecule has 0 saturated carbocycles. The molecule has 0 radical (unpaired) electrons. The zero-order chi connectivity index (χ0) is 13.0. The zero-order valence-electron chi connectivity index (χ0n) is 10.5. The Hall–Kier alpha value is -1.68. The van der Waals surface area contributed by atoms with Crippen LogP contribution >= 0.6 is 11.3 Å². The van der Waals surface area contributed by atoms with Crippen LogP contribution < -0.4 is 4.74 Å². The van der Waals surface area contributed by atoms with Crippen LogP contribution in [0.25, 0.3) is 0 Å². The number of aryl methyl sites for hydroxylation is 1. The van der Waals surface area contributed by atoms with Gasteiger partial charge >= 0.3 is 0 Å². The maximum atomic E-state index is 11.1. The van der Waals surface area contributed by atoms with Gasteiger partial charge in [0.1, 0.15) is 23.1 Å². The average Bonchev–Trinajstić information content (AvgIpc) is 2.85. The Morgan fingerprint density at radius 3 is 2.83 bits per heavy atom. The summed E-state index contributed by atoms with van der Waals surface area (Å²) in [5.41, 5.74) is 1.70. The molecule has 0 bridgehead atoms. The van der Waals surface area contributed by atoms with E-state index in [1.165, 1.54) is 23.8 Å². The van der Waals surface area contributed by atoms with Gasteiger partial charge in [0.15, 0.2) is 5.78 Å². The third-order valence-corrected chi connectivity index (χ3v) is 3.44. The molecule has 18 heavy (non-hydrogen) atoms. The third-order valence-electron chi connectivity index (χ3n) is 2.62. The lowest BCUT2D eigenvalue weighted by atomic mass is 10.1. The molecule has 0 spiro atoms. The lowest BCUT2D eigenvalue weighted by Gasteiger charge is -2.08. The lowest BCUT2D eigenvalue weighted by Crippen LogP contribution is -1.99. The summed E-state index contributed by atoms with van der Waals surface area (Å²) in [6.45, 7) is 4.03. The number of benzene rings is 1. The van der Waals surface area contributed by atoms with Gasteiger partial charge in [0.05, 0.1) is 0 Å². The summed E-state index contributed by atoms with van der Waals surface area (Å²) in [6.07, 6.45) is 0.937. The van der Waals surface area contributed by atoms with Crippen molar-refractivity contribution in [3.63, 3.8) is 0 Å². The molecule has 1 aromatic heterocycles. The van der Waals surface area contributed by atoms with Crippen LogP contribution in [0.4, 0.5) is 0 Å². The SMILES string of the molecule is CCc1ccccc1OCc1nc(C(C)=O)cs1. The summed E-state index contributed by atoms with van der Waals surface area (Å²) in [5.74, 6) is 0.881. The molecule has 0 fully saturated rings. The topological polar surface area (TPSA) is 39.2 Å². The maximum absolute atomic E-state index is 11.1. The summed E-state index contributed by atoms with van der Waals surface area (Å²) in [6, 6.07) is 7.97. The van der Waals surface area contributed by atoms with Gasteiger partial charge < -0.3 is 4.74 Å². The first-order chi connectivity index (χ1) is 8.70. The minimum absolute atomic E-state index is 0.00791. The minimum atomic E-state index is -0.00791. The number of carbonyl (C=O) groups excluding carboxylic acids is 1. The van der Waals surface area contributed by atoms with E-state index >= 15 is 0 Å². The Morgan fingerprint density at radius 1 is 1.39 bits per heavy atom. The average molecular weight is 261 g/mol. The monoisotopic (exact) mass is 261 g/mol. The van der Waals surface area contributed by atoms with Crippen molar-refractivity contribution in [2.45, 2.75) is 26.9 Å². The Kier molecular flexibility index (Phi) is 4.10. The van der Waals surface area contributed by atoms with Crippen LogP contribution in [0.3, 0.4) is 0 Å². The molecule has 0 unspecified atom stereocenters. The van der Waals surface area contributed by atoms with Crippen LogP contribution in [0.2, 0.25) is 0 Å². The van der Waals surface area contributed by atoms with Gasteiger partial charge in [0, 0.05) is 12.3 Å². The highest BCUT2D eigenvalue weighted by atomic mass is 32.1. The van der Waals surface area contributed by atoms with Crippen molar-refractivity contribution in [1.29, 1.82) is 0 Å². The highest BCUT2D eigenvalue weighted by Crippen LogP contribution is 2.20. The summed E-state index contributed by atoms with van der Waals surface area (Å²) >= 11 is 1.45. The molecular formula is C14H15NO2S. The molecule has 94 valence electrons. The van der Waals surface area contributed by atoms with Gasteiger partial charge in [-0.05, 0) is 18.1 Å². The highest BCUT2D eigenvalue weighted by molar-refractivity contribution is 7.09. The van der Waals surface area contributed by atoms with E-state index in [2.05, 4.69) is 18.0 Å². The standard InChI is InChI=1S/C14H15NO2S/c1-3-11-6-4-5-7-13(11)17-8-14-15-12(9-18-14)10(2)16/h4-7,9H,3,8H2,1-2H3. The normalized spacial score (nSPS) is 10.3. The molecule has 0 N–H and O–H groups in total. The van der Waals surface area contributed by atoms with Crippen molar-refractivity contribution in [3.05, 3.63) is 45.9 Å². The van der Waals surface area contributed by atoms with Crippen molar-refractivity contribution >= 4 is 17.1 Å². The number of nitrogens with zero attached hydrogens (tertiary/aromatic N) is 1. The second-order valence-electron chi connectivity index (χ2n) is 3.93. The number of ether oxygens (including phenoxy) is 1. The first kappa shape index (κ1) is 12.8. The van der Waals surface area contributed by atoms with Gasteiger partial charge in [-0.2, -0.15) is 0 Å². The number of hydrogen-bond donors (Lipinski definition) is 0. The van der Waals surface area contributed by atoms with Crippen molar-refractivity contribution in [3.8, 4) is 5.75 Å². The molecule has 1 aromatic carbocycles. The first-order valence-corrected chi connectivity index (χ1v) is 6.74. The molecule has 2 rings (SSSR count). The highest BCUT2D eigenvalue weighted by Gasteiger charge is 2.07. The van der Waals surface area contributed by atoms with E-state index in [0.717, 1.165) is 17.2 Å². The van der Waals surface area contributed by atoms with Crippen molar-refractivity contribution in [2.24, 2.45) is 0 Å². The third kappa shape index (κ3) is 2.96. The van der Waals surface area contributed by atoms with E-state index < -0.39 is 0 Å². The van der Waals surface area contributed by atoms with Crippen LogP contribution in [0.5, 0.6) is 5.75 Å². The molecule has 0 aliphatic carbocycles. The number of rotatable bonds is 5. The Labute approximate surface area is 110 Å².